The number of hydrogen-bond donors (Lipinski definition) is 1. The Morgan fingerprint density at radius 3 is 2.72 bits per heavy atom. The van der Waals surface area contributed by atoms with E-state index >= 15 is 0 Å². The first-order chi connectivity index (χ1) is 12.0. The maximum Gasteiger partial charge on any atom is 0.266 e. The van der Waals surface area contributed by atoms with E-state index in [4.69, 9.17) is 11.6 Å². The number of halogens is 1. The third kappa shape index (κ3) is 3.59. The van der Waals surface area contributed by atoms with E-state index in [1.54, 1.807) is 22.8 Å². The van der Waals surface area contributed by atoms with E-state index in [1.165, 1.54) is 11.8 Å². The van der Waals surface area contributed by atoms with Crippen LogP contribution >= 0.6 is 23.4 Å². The van der Waals surface area contributed by atoms with Crippen molar-refractivity contribution in [1.82, 2.24) is 9.55 Å². The van der Waals surface area contributed by atoms with Gasteiger partial charge < -0.3 is 5.11 Å². The highest BCUT2D eigenvalue weighted by molar-refractivity contribution is 7.99. The van der Waals surface area contributed by atoms with Crippen LogP contribution in [-0.2, 0) is 0 Å². The number of thioether (sulfide) groups is 1. The van der Waals surface area contributed by atoms with Crippen LogP contribution < -0.4 is 5.56 Å². The zero-order chi connectivity index (χ0) is 18.0. The number of aliphatic hydroxyl groups is 1. The molecule has 3 rings (SSSR count). The molecule has 25 heavy (non-hydrogen) atoms. The van der Waals surface area contributed by atoms with Crippen molar-refractivity contribution >= 4 is 34.3 Å². The Morgan fingerprint density at radius 1 is 1.24 bits per heavy atom. The zero-order valence-corrected chi connectivity index (χ0v) is 15.6. The first-order valence-corrected chi connectivity index (χ1v) is 9.44. The molecule has 2 aromatic carbocycles. The molecule has 1 heterocycles. The highest BCUT2D eigenvalue weighted by atomic mass is 35.5. The topological polar surface area (TPSA) is 55.1 Å². The number of aromatic nitrogens is 2. The summed E-state index contributed by atoms with van der Waals surface area (Å²) in [5, 5.41) is 10.8. The lowest BCUT2D eigenvalue weighted by Gasteiger charge is -2.18. The van der Waals surface area contributed by atoms with Crippen LogP contribution in [0.5, 0.6) is 0 Å². The van der Waals surface area contributed by atoms with E-state index in [1.807, 2.05) is 24.3 Å². The summed E-state index contributed by atoms with van der Waals surface area (Å²) in [6.45, 7) is 4.21. The minimum atomic E-state index is -0.129. The van der Waals surface area contributed by atoms with Gasteiger partial charge in [-0.25, -0.2) is 4.98 Å². The standard InChI is InChI=1S/C19H19ClN2O2S/c1-12(2)14-5-3-4-6-17(14)22-18(24)15-8-7-13(20)11-16(15)21-19(22)25-10-9-23/h3-8,11-12,23H,9-10H2,1-2H3. The third-order valence-corrected chi connectivity index (χ3v) is 5.08. The van der Waals surface area contributed by atoms with E-state index in [9.17, 15) is 9.90 Å². The van der Waals surface area contributed by atoms with Crippen molar-refractivity contribution in [2.24, 2.45) is 0 Å². The molecule has 0 saturated carbocycles. The Bertz CT molecular complexity index is 969. The number of rotatable bonds is 5. The monoisotopic (exact) mass is 374 g/mol. The normalized spacial score (nSPS) is 11.4. The van der Waals surface area contributed by atoms with Crippen LogP contribution in [-0.4, -0.2) is 27.0 Å². The van der Waals surface area contributed by atoms with Gasteiger partial charge >= 0.3 is 0 Å². The minimum absolute atomic E-state index is 0.0138. The van der Waals surface area contributed by atoms with Gasteiger partial charge in [-0.15, -0.1) is 0 Å². The van der Waals surface area contributed by atoms with Gasteiger partial charge in [-0.2, -0.15) is 0 Å². The Balaban J connectivity index is 2.34. The number of hydrogen-bond acceptors (Lipinski definition) is 4. The Hall–Kier alpha value is -1.82. The van der Waals surface area contributed by atoms with Crippen molar-refractivity contribution in [3.63, 3.8) is 0 Å². The molecule has 0 spiro atoms. The molecule has 3 aromatic rings. The van der Waals surface area contributed by atoms with Crippen molar-refractivity contribution in [2.75, 3.05) is 12.4 Å². The third-order valence-electron chi connectivity index (χ3n) is 3.92. The quantitative estimate of drug-likeness (QED) is 0.536. The maximum atomic E-state index is 13.2. The second-order valence-electron chi connectivity index (χ2n) is 5.98. The molecule has 0 saturated heterocycles. The van der Waals surface area contributed by atoms with Gasteiger partial charge in [0.05, 0.1) is 23.2 Å². The second-order valence-corrected chi connectivity index (χ2v) is 7.48. The van der Waals surface area contributed by atoms with Gasteiger partial charge in [0, 0.05) is 10.8 Å². The van der Waals surface area contributed by atoms with E-state index in [0.29, 0.717) is 26.8 Å². The molecular weight excluding hydrogens is 356 g/mol. The Morgan fingerprint density at radius 2 is 2.00 bits per heavy atom. The van der Waals surface area contributed by atoms with Crippen LogP contribution in [0.4, 0.5) is 0 Å². The molecule has 6 heteroatoms. The molecule has 1 N–H and O–H groups in total. The minimum Gasteiger partial charge on any atom is -0.396 e. The van der Waals surface area contributed by atoms with E-state index < -0.39 is 0 Å². The summed E-state index contributed by atoms with van der Waals surface area (Å²) in [5.74, 6) is 0.724. The van der Waals surface area contributed by atoms with Gasteiger partial charge in [0.2, 0.25) is 0 Å². The summed E-state index contributed by atoms with van der Waals surface area (Å²) >= 11 is 7.41. The number of para-hydroxylation sites is 1. The van der Waals surface area contributed by atoms with Crippen molar-refractivity contribution in [2.45, 2.75) is 24.9 Å². The van der Waals surface area contributed by atoms with Gasteiger partial charge in [0.1, 0.15) is 0 Å². The first kappa shape index (κ1) is 18.0. The zero-order valence-electron chi connectivity index (χ0n) is 14.1. The number of aliphatic hydroxyl groups excluding tert-OH is 1. The number of fused-ring (bicyclic) bond motifs is 1. The summed E-state index contributed by atoms with van der Waals surface area (Å²) in [6.07, 6.45) is 0. The molecule has 0 aliphatic carbocycles. The smallest absolute Gasteiger partial charge is 0.266 e. The largest absolute Gasteiger partial charge is 0.396 e. The van der Waals surface area contributed by atoms with Crippen molar-refractivity contribution in [3.05, 3.63) is 63.4 Å². The molecule has 0 aliphatic heterocycles. The van der Waals surface area contributed by atoms with Crippen molar-refractivity contribution in [3.8, 4) is 5.69 Å². The fraction of sp³-hybridized carbons (Fsp3) is 0.263. The number of nitrogens with zero attached hydrogens (tertiary/aromatic N) is 2. The van der Waals surface area contributed by atoms with Crippen LogP contribution in [0.1, 0.15) is 25.3 Å². The molecule has 0 bridgehead atoms. The van der Waals surface area contributed by atoms with Crippen LogP contribution in [0.25, 0.3) is 16.6 Å². The summed E-state index contributed by atoms with van der Waals surface area (Å²) < 4.78 is 1.64. The molecular formula is C19H19ClN2O2S. The van der Waals surface area contributed by atoms with Gasteiger partial charge in [0.15, 0.2) is 5.16 Å². The summed E-state index contributed by atoms with van der Waals surface area (Å²) in [7, 11) is 0. The highest BCUT2D eigenvalue weighted by Crippen LogP contribution is 2.27. The lowest BCUT2D eigenvalue weighted by atomic mass is 10.0. The molecule has 0 fully saturated rings. The summed E-state index contributed by atoms with van der Waals surface area (Å²) in [6, 6.07) is 13.0. The Labute approximate surface area is 155 Å². The van der Waals surface area contributed by atoms with Crippen LogP contribution in [0.3, 0.4) is 0 Å². The van der Waals surface area contributed by atoms with Gasteiger partial charge in [-0.05, 0) is 35.7 Å². The second kappa shape index (κ2) is 7.60. The highest BCUT2D eigenvalue weighted by Gasteiger charge is 2.17. The lowest BCUT2D eigenvalue weighted by molar-refractivity contribution is 0.322. The summed E-state index contributed by atoms with van der Waals surface area (Å²) in [5.41, 5.74) is 2.34. The van der Waals surface area contributed by atoms with Gasteiger partial charge in [-0.1, -0.05) is 55.4 Å². The predicted octanol–water partition coefficient (Wildman–Crippen LogP) is 4.25. The van der Waals surface area contributed by atoms with Crippen molar-refractivity contribution < 1.29 is 5.11 Å². The predicted molar refractivity (Wildman–Crippen MR) is 104 cm³/mol. The average molecular weight is 375 g/mol. The van der Waals surface area contributed by atoms with Crippen LogP contribution in [0, 0.1) is 0 Å². The van der Waals surface area contributed by atoms with Gasteiger partial charge in [0.25, 0.3) is 5.56 Å². The molecule has 130 valence electrons. The fourth-order valence-electron chi connectivity index (χ4n) is 2.76. The SMILES string of the molecule is CC(C)c1ccccc1-n1c(SCCO)nc2cc(Cl)ccc2c1=O. The molecule has 0 atom stereocenters. The first-order valence-electron chi connectivity index (χ1n) is 8.08. The van der Waals surface area contributed by atoms with E-state index in [2.05, 4.69) is 18.8 Å². The molecule has 0 aliphatic rings. The Kier molecular flexibility index (Phi) is 5.47. The molecule has 0 radical (unpaired) electrons. The maximum absolute atomic E-state index is 13.2. The molecule has 4 nitrogen and oxygen atoms in total. The van der Waals surface area contributed by atoms with E-state index in [0.717, 1.165) is 11.3 Å². The molecule has 0 amide bonds. The van der Waals surface area contributed by atoms with Crippen molar-refractivity contribution in [1.29, 1.82) is 0 Å². The molecule has 0 unspecified atom stereocenters. The van der Waals surface area contributed by atoms with Crippen LogP contribution in [0.15, 0.2) is 52.4 Å². The fourth-order valence-corrected chi connectivity index (χ4v) is 3.68. The lowest BCUT2D eigenvalue weighted by Crippen LogP contribution is -2.23. The van der Waals surface area contributed by atoms with Gasteiger partial charge in [-0.3, -0.25) is 9.36 Å². The summed E-state index contributed by atoms with van der Waals surface area (Å²) in [4.78, 5) is 17.8. The van der Waals surface area contributed by atoms with Crippen LogP contribution in [0.2, 0.25) is 5.02 Å². The average Bonchev–Trinajstić information content (AvgIpc) is 2.59. The molecule has 1 aromatic heterocycles. The number of benzene rings is 2. The van der Waals surface area contributed by atoms with E-state index in [-0.39, 0.29) is 18.1 Å².